The maximum Gasteiger partial charge on any atom is 0.339 e. The molecule has 40 heavy (non-hydrogen) atoms. The van der Waals surface area contributed by atoms with Crippen molar-refractivity contribution in [2.45, 2.75) is 19.9 Å². The van der Waals surface area contributed by atoms with E-state index in [4.69, 9.17) is 37.1 Å². The highest BCUT2D eigenvalue weighted by Crippen LogP contribution is 2.31. The second-order valence-corrected chi connectivity index (χ2v) is 10.6. The van der Waals surface area contributed by atoms with Gasteiger partial charge in [-0.05, 0) is 61.9 Å². The number of hydrogen-bond acceptors (Lipinski definition) is 8. The third-order valence-corrected chi connectivity index (χ3v) is 7.82. The van der Waals surface area contributed by atoms with Crippen molar-refractivity contribution >= 4 is 52.6 Å². The minimum atomic E-state index is -0.743. The molecule has 2 aromatic carbocycles. The molecule has 1 aliphatic heterocycles. The van der Waals surface area contributed by atoms with Gasteiger partial charge in [0.05, 0.1) is 46.1 Å². The van der Waals surface area contributed by atoms with E-state index in [0.717, 1.165) is 0 Å². The molecule has 5 rings (SSSR count). The highest BCUT2D eigenvalue weighted by molar-refractivity contribution is 7.07. The fourth-order valence-electron chi connectivity index (χ4n) is 4.41. The minimum absolute atomic E-state index is 0.183. The lowest BCUT2D eigenvalue weighted by Crippen LogP contribution is -2.39. The summed E-state index contributed by atoms with van der Waals surface area (Å²) in [5.41, 5.74) is 1.93. The van der Waals surface area contributed by atoms with Crippen LogP contribution in [0.15, 0.2) is 80.1 Å². The van der Waals surface area contributed by atoms with Gasteiger partial charge >= 0.3 is 11.9 Å². The summed E-state index contributed by atoms with van der Waals surface area (Å²) in [6.45, 7) is 3.63. The third kappa shape index (κ3) is 5.15. The second-order valence-electron chi connectivity index (χ2n) is 8.74. The molecule has 0 aliphatic carbocycles. The zero-order valence-corrected chi connectivity index (χ0v) is 23.9. The van der Waals surface area contributed by atoms with Crippen molar-refractivity contribution in [3.63, 3.8) is 0 Å². The van der Waals surface area contributed by atoms with E-state index in [1.807, 2.05) is 0 Å². The molecule has 2 aromatic heterocycles. The first-order chi connectivity index (χ1) is 19.2. The van der Waals surface area contributed by atoms with Crippen LogP contribution in [0.25, 0.3) is 17.4 Å². The van der Waals surface area contributed by atoms with Crippen LogP contribution in [0.3, 0.4) is 0 Å². The molecule has 0 spiro atoms. The molecule has 204 valence electrons. The van der Waals surface area contributed by atoms with E-state index < -0.39 is 18.0 Å². The Balaban J connectivity index is 1.60. The topological polar surface area (TPSA) is 100 Å². The molecule has 0 radical (unpaired) electrons. The number of halogens is 2. The fourth-order valence-corrected chi connectivity index (χ4v) is 5.76. The van der Waals surface area contributed by atoms with Gasteiger partial charge in [0.15, 0.2) is 4.80 Å². The maximum atomic E-state index is 13.7. The Morgan fingerprint density at radius 2 is 1.85 bits per heavy atom. The van der Waals surface area contributed by atoms with Gasteiger partial charge in [-0.2, -0.15) is 0 Å². The first-order valence-electron chi connectivity index (χ1n) is 12.1. The highest BCUT2D eigenvalue weighted by atomic mass is 35.5. The summed E-state index contributed by atoms with van der Waals surface area (Å²) in [5.74, 6) is -0.213. The normalized spacial score (nSPS) is 15.0. The lowest BCUT2D eigenvalue weighted by molar-refractivity contribution is -0.139. The van der Waals surface area contributed by atoms with E-state index in [2.05, 4.69) is 4.99 Å². The molecule has 0 bridgehead atoms. The minimum Gasteiger partial charge on any atom is -0.465 e. The SMILES string of the molecule is CCOC(=O)C1=C(C)N=c2s/c(=C\c3ccc(-c4ccc(Cl)c(C(=O)OC)c4)o3)c(=O)n2[C@@H]1c1ccc(Cl)cc1. The lowest BCUT2D eigenvalue weighted by atomic mass is 9.96. The van der Waals surface area contributed by atoms with Gasteiger partial charge in [0.2, 0.25) is 0 Å². The van der Waals surface area contributed by atoms with Crippen LogP contribution in [-0.2, 0) is 14.3 Å². The van der Waals surface area contributed by atoms with Gasteiger partial charge < -0.3 is 13.9 Å². The number of aromatic nitrogens is 1. The summed E-state index contributed by atoms with van der Waals surface area (Å²) in [4.78, 5) is 43.8. The van der Waals surface area contributed by atoms with Gasteiger partial charge in [-0.1, -0.05) is 46.7 Å². The predicted molar refractivity (Wildman–Crippen MR) is 152 cm³/mol. The number of nitrogens with zero attached hydrogens (tertiary/aromatic N) is 2. The summed E-state index contributed by atoms with van der Waals surface area (Å²) in [7, 11) is 1.28. The molecule has 1 aliphatic rings. The molecule has 0 saturated carbocycles. The monoisotopic (exact) mass is 596 g/mol. The Morgan fingerprint density at radius 3 is 2.55 bits per heavy atom. The number of hydrogen-bond donors (Lipinski definition) is 0. The number of methoxy groups -OCH3 is 1. The maximum absolute atomic E-state index is 13.7. The molecule has 0 amide bonds. The Hall–Kier alpha value is -3.92. The number of fused-ring (bicyclic) bond motifs is 1. The predicted octanol–water partition coefficient (Wildman–Crippen LogP) is 5.15. The molecule has 0 saturated heterocycles. The van der Waals surface area contributed by atoms with Crippen LogP contribution in [0.4, 0.5) is 0 Å². The van der Waals surface area contributed by atoms with Gasteiger partial charge in [-0.15, -0.1) is 0 Å². The molecular weight excluding hydrogens is 575 g/mol. The summed E-state index contributed by atoms with van der Waals surface area (Å²) in [5, 5.41) is 0.791. The van der Waals surface area contributed by atoms with E-state index >= 15 is 0 Å². The molecular formula is C29H22Cl2N2O6S. The number of carbonyl (C=O) groups is 2. The van der Waals surface area contributed by atoms with Gasteiger partial charge in [-0.25, -0.2) is 14.6 Å². The second kappa shape index (κ2) is 11.3. The van der Waals surface area contributed by atoms with Crippen molar-refractivity contribution in [3.05, 3.63) is 112 Å². The van der Waals surface area contributed by atoms with Crippen LogP contribution in [0.1, 0.15) is 41.6 Å². The summed E-state index contributed by atoms with van der Waals surface area (Å²) in [6.07, 6.45) is 1.62. The first-order valence-corrected chi connectivity index (χ1v) is 13.7. The zero-order chi connectivity index (χ0) is 28.6. The molecule has 11 heteroatoms. The molecule has 0 N–H and O–H groups in total. The highest BCUT2D eigenvalue weighted by Gasteiger charge is 2.33. The smallest absolute Gasteiger partial charge is 0.339 e. The Kier molecular flexibility index (Phi) is 7.80. The van der Waals surface area contributed by atoms with Gasteiger partial charge in [0.1, 0.15) is 11.5 Å². The van der Waals surface area contributed by atoms with Gasteiger partial charge in [0.25, 0.3) is 5.56 Å². The molecule has 3 heterocycles. The summed E-state index contributed by atoms with van der Waals surface area (Å²) >= 11 is 13.4. The standard InChI is InChI=1S/C29H22Cl2N2O6S/c1-4-38-28(36)24-15(2)32-29-33(25(24)16-5-8-18(30)9-6-16)26(34)23(40-29)14-19-10-12-22(39-19)17-7-11-21(31)20(13-17)27(35)37-3/h5-14,25H,4H2,1-3H3/b23-14-/t25-/m1/s1. The van der Waals surface area contributed by atoms with Crippen molar-refractivity contribution < 1.29 is 23.5 Å². The number of esters is 2. The van der Waals surface area contributed by atoms with Crippen molar-refractivity contribution in [2.24, 2.45) is 4.99 Å². The Morgan fingerprint density at radius 1 is 1.10 bits per heavy atom. The van der Waals surface area contributed by atoms with Crippen molar-refractivity contribution in [3.8, 4) is 11.3 Å². The Bertz CT molecular complexity index is 1850. The first kappa shape index (κ1) is 27.6. The Labute approximate surface area is 242 Å². The summed E-state index contributed by atoms with van der Waals surface area (Å²) in [6, 6.07) is 14.5. The molecule has 4 aromatic rings. The van der Waals surface area contributed by atoms with Gasteiger partial charge in [-0.3, -0.25) is 9.36 Å². The van der Waals surface area contributed by atoms with Crippen molar-refractivity contribution in [2.75, 3.05) is 13.7 Å². The fraction of sp³-hybridized carbons (Fsp3) is 0.172. The van der Waals surface area contributed by atoms with Crippen LogP contribution in [0.2, 0.25) is 10.0 Å². The molecule has 1 atom stereocenters. The van der Waals surface area contributed by atoms with Crippen LogP contribution < -0.4 is 14.9 Å². The van der Waals surface area contributed by atoms with Crippen molar-refractivity contribution in [1.82, 2.24) is 4.57 Å². The number of rotatable bonds is 6. The number of benzene rings is 2. The van der Waals surface area contributed by atoms with Crippen LogP contribution >= 0.6 is 34.5 Å². The zero-order valence-electron chi connectivity index (χ0n) is 21.6. The van der Waals surface area contributed by atoms with E-state index in [9.17, 15) is 14.4 Å². The molecule has 0 unspecified atom stereocenters. The number of ether oxygens (including phenoxy) is 2. The number of allylic oxidation sites excluding steroid dienone is 1. The van der Waals surface area contributed by atoms with Gasteiger partial charge in [0, 0.05) is 16.7 Å². The van der Waals surface area contributed by atoms with E-state index in [-0.39, 0.29) is 28.3 Å². The van der Waals surface area contributed by atoms with Crippen molar-refractivity contribution in [1.29, 1.82) is 0 Å². The van der Waals surface area contributed by atoms with Crippen LogP contribution in [0.5, 0.6) is 0 Å². The quantitative estimate of drug-likeness (QED) is 0.285. The van der Waals surface area contributed by atoms with Crippen LogP contribution in [0, 0.1) is 0 Å². The average molecular weight is 597 g/mol. The van der Waals surface area contributed by atoms with Crippen LogP contribution in [-0.4, -0.2) is 30.2 Å². The number of carbonyl (C=O) groups excluding carboxylic acids is 2. The number of thiazole rings is 1. The molecule has 0 fully saturated rings. The average Bonchev–Trinajstić information content (AvgIpc) is 3.52. The molecule has 8 nitrogen and oxygen atoms in total. The largest absolute Gasteiger partial charge is 0.465 e. The van der Waals surface area contributed by atoms with E-state index in [1.165, 1.54) is 23.0 Å². The third-order valence-electron chi connectivity index (χ3n) is 6.26. The van der Waals surface area contributed by atoms with E-state index in [1.54, 1.807) is 74.5 Å². The van der Waals surface area contributed by atoms with E-state index in [0.29, 0.717) is 42.7 Å². The lowest BCUT2D eigenvalue weighted by Gasteiger charge is -2.24. The number of furan rings is 1. The summed E-state index contributed by atoms with van der Waals surface area (Å²) < 4.78 is 17.9.